The van der Waals surface area contributed by atoms with Crippen molar-refractivity contribution in [2.45, 2.75) is 44.5 Å². The molecule has 3 aromatic carbocycles. The van der Waals surface area contributed by atoms with Gasteiger partial charge >= 0.3 is 5.97 Å². The molecule has 7 rings (SSSR count). The number of aromatic nitrogens is 2. The number of hydrogen-bond donors (Lipinski definition) is 2. The molecule has 1 aliphatic carbocycles. The number of esters is 1. The number of anilines is 1. The molecule has 0 spiro atoms. The highest BCUT2D eigenvalue weighted by Crippen LogP contribution is 2.32. The van der Waals surface area contributed by atoms with E-state index in [1.165, 1.54) is 19.4 Å². The van der Waals surface area contributed by atoms with E-state index in [4.69, 9.17) is 15.5 Å². The summed E-state index contributed by atoms with van der Waals surface area (Å²) in [6.07, 6.45) is 4.78. The third-order valence-corrected chi connectivity index (χ3v) is 10.6. The van der Waals surface area contributed by atoms with Crippen LogP contribution in [-0.4, -0.2) is 55.1 Å². The van der Waals surface area contributed by atoms with E-state index < -0.39 is 10.0 Å². The number of piperidine rings is 1. The summed E-state index contributed by atoms with van der Waals surface area (Å²) < 4.78 is 37.0. The number of rotatable bonds is 12. The summed E-state index contributed by atoms with van der Waals surface area (Å²) in [4.78, 5) is 21.1. The summed E-state index contributed by atoms with van der Waals surface area (Å²) in [6.45, 7) is 4.26. The lowest BCUT2D eigenvalue weighted by molar-refractivity contribution is 0.0360. The average molecular weight is 652 g/mol. The maximum absolute atomic E-state index is 13.7. The number of sulfonamides is 1. The number of nitrogens with two attached hydrogens (primary N) is 1. The normalized spacial score (nSPS) is 16.1. The van der Waals surface area contributed by atoms with Crippen molar-refractivity contribution < 1.29 is 17.9 Å². The Balaban J connectivity index is 1.16. The number of ether oxygens (including phenoxy) is 1. The summed E-state index contributed by atoms with van der Waals surface area (Å²) in [5.74, 6) is 0.701. The predicted octanol–water partition coefficient (Wildman–Crippen LogP) is 5.92. The number of hydrogen-bond acceptors (Lipinski definition) is 7. The molecule has 244 valence electrons. The second kappa shape index (κ2) is 13.5. The molecule has 5 aromatic rings. The van der Waals surface area contributed by atoms with E-state index >= 15 is 0 Å². The second-order valence-corrected chi connectivity index (χ2v) is 14.7. The monoisotopic (exact) mass is 651 g/mol. The molecule has 1 saturated carbocycles. The zero-order valence-electron chi connectivity index (χ0n) is 26.5. The van der Waals surface area contributed by atoms with Gasteiger partial charge in [0.2, 0.25) is 10.0 Å². The highest BCUT2D eigenvalue weighted by atomic mass is 32.2. The minimum Gasteiger partial charge on any atom is -0.461 e. The van der Waals surface area contributed by atoms with E-state index in [-0.39, 0.29) is 24.8 Å². The predicted molar refractivity (Wildman–Crippen MR) is 186 cm³/mol. The van der Waals surface area contributed by atoms with Crippen molar-refractivity contribution in [3.63, 3.8) is 0 Å². The van der Waals surface area contributed by atoms with Crippen LogP contribution in [0.4, 0.5) is 5.69 Å². The van der Waals surface area contributed by atoms with Gasteiger partial charge in [-0.1, -0.05) is 54.6 Å². The van der Waals surface area contributed by atoms with Gasteiger partial charge in [-0.05, 0) is 103 Å². The van der Waals surface area contributed by atoms with Crippen molar-refractivity contribution in [2.75, 3.05) is 31.0 Å². The van der Waals surface area contributed by atoms with Crippen LogP contribution in [0.25, 0.3) is 21.8 Å². The summed E-state index contributed by atoms with van der Waals surface area (Å²) >= 11 is 0. The molecule has 9 nitrogen and oxygen atoms in total. The van der Waals surface area contributed by atoms with Crippen molar-refractivity contribution in [1.82, 2.24) is 14.5 Å². The quantitative estimate of drug-likeness (QED) is 0.161. The number of carbonyl (C=O) groups is 1. The fourth-order valence-corrected chi connectivity index (χ4v) is 7.82. The van der Waals surface area contributed by atoms with Crippen LogP contribution in [0.3, 0.4) is 0 Å². The maximum Gasteiger partial charge on any atom is 0.355 e. The molecule has 3 heterocycles. The Kier molecular flexibility index (Phi) is 8.98. The Bertz CT molecular complexity index is 2000. The summed E-state index contributed by atoms with van der Waals surface area (Å²) in [6, 6.07) is 26.2. The minimum atomic E-state index is -3.69. The largest absolute Gasteiger partial charge is 0.461 e. The van der Waals surface area contributed by atoms with Crippen molar-refractivity contribution in [3.05, 3.63) is 107 Å². The Labute approximate surface area is 275 Å². The van der Waals surface area contributed by atoms with Crippen LogP contribution in [0.2, 0.25) is 0 Å². The topological polar surface area (TPSA) is 120 Å². The molecule has 0 atom stereocenters. The number of likely N-dealkylation sites (tertiary alicyclic amines) is 1. The first-order chi connectivity index (χ1) is 22.8. The van der Waals surface area contributed by atoms with Crippen LogP contribution in [0, 0.1) is 11.8 Å². The third kappa shape index (κ3) is 7.51. The molecule has 2 aliphatic rings. The number of nitrogens with one attached hydrogen (secondary N) is 1. The van der Waals surface area contributed by atoms with Crippen LogP contribution in [0.5, 0.6) is 0 Å². The second-order valence-electron chi connectivity index (χ2n) is 13.0. The van der Waals surface area contributed by atoms with E-state index in [0.717, 1.165) is 53.6 Å². The first-order valence-electron chi connectivity index (χ1n) is 16.5. The smallest absolute Gasteiger partial charge is 0.355 e. The molecule has 47 heavy (non-hydrogen) atoms. The van der Waals surface area contributed by atoms with E-state index in [2.05, 4.69) is 9.62 Å². The third-order valence-electron chi connectivity index (χ3n) is 9.34. The van der Waals surface area contributed by atoms with Crippen LogP contribution in [0.1, 0.15) is 53.0 Å². The molecule has 1 aliphatic heterocycles. The fraction of sp³-hybridized carbons (Fsp3) is 0.351. The molecule has 3 N–H and O–H groups in total. The SMILES string of the molecule is NCc1ccc2cc(C(=O)OCC3CCN(CC4CC4)CC3)n(Cc3cc(NS(=O)(=O)Cc4ccccc4)cc4ccccc34)c2n1. The van der Waals surface area contributed by atoms with Crippen molar-refractivity contribution in [2.24, 2.45) is 17.6 Å². The molecule has 1 saturated heterocycles. The van der Waals surface area contributed by atoms with Crippen molar-refractivity contribution >= 4 is 43.5 Å². The van der Waals surface area contributed by atoms with Crippen LogP contribution in [0.15, 0.2) is 84.9 Å². The molecule has 2 aromatic heterocycles. The van der Waals surface area contributed by atoms with Gasteiger partial charge in [0.05, 0.1) is 24.6 Å². The lowest BCUT2D eigenvalue weighted by Crippen LogP contribution is -2.36. The number of pyridine rings is 1. The van der Waals surface area contributed by atoms with E-state index in [9.17, 15) is 13.2 Å². The van der Waals surface area contributed by atoms with Gasteiger partial charge in [-0.15, -0.1) is 0 Å². The zero-order chi connectivity index (χ0) is 32.4. The van der Waals surface area contributed by atoms with Gasteiger partial charge in [-0.25, -0.2) is 18.2 Å². The average Bonchev–Trinajstić information content (AvgIpc) is 3.82. The minimum absolute atomic E-state index is 0.139. The molecular weight excluding hydrogens is 611 g/mol. The Morgan fingerprint density at radius 2 is 1.66 bits per heavy atom. The van der Waals surface area contributed by atoms with E-state index in [1.807, 2.05) is 77.4 Å². The van der Waals surface area contributed by atoms with Gasteiger partial charge in [0.1, 0.15) is 11.3 Å². The van der Waals surface area contributed by atoms with Gasteiger partial charge < -0.3 is 19.9 Å². The standard InChI is InChI=1S/C37H41N5O4S/c38-21-32-13-12-30-20-35(37(43)46-24-27-14-16-41(17-15-27)22-26-10-11-26)42(36(30)39-32)23-31-19-33(18-29-8-4-5-9-34(29)31)40-47(44,45)25-28-6-2-1-3-7-28/h1-9,12-13,18-20,26-27,40H,10-11,14-17,21-25,38H2. The highest BCUT2D eigenvalue weighted by Gasteiger charge is 2.28. The molecule has 0 radical (unpaired) electrons. The van der Waals surface area contributed by atoms with Gasteiger partial charge in [-0.2, -0.15) is 0 Å². The summed E-state index contributed by atoms with van der Waals surface area (Å²) in [7, 11) is -3.69. The fourth-order valence-electron chi connectivity index (χ4n) is 6.64. The van der Waals surface area contributed by atoms with Crippen LogP contribution >= 0.6 is 0 Å². The van der Waals surface area contributed by atoms with Crippen LogP contribution in [-0.2, 0) is 33.6 Å². The summed E-state index contributed by atoms with van der Waals surface area (Å²) in [5, 5.41) is 2.64. The molecule has 10 heteroatoms. The highest BCUT2D eigenvalue weighted by molar-refractivity contribution is 7.91. The zero-order valence-corrected chi connectivity index (χ0v) is 27.3. The van der Waals surface area contributed by atoms with Crippen LogP contribution < -0.4 is 10.5 Å². The molecule has 2 fully saturated rings. The van der Waals surface area contributed by atoms with Crippen molar-refractivity contribution in [3.8, 4) is 0 Å². The molecule has 0 bridgehead atoms. The number of benzene rings is 3. The van der Waals surface area contributed by atoms with Gasteiger partial charge in [0, 0.05) is 24.2 Å². The first-order valence-corrected chi connectivity index (χ1v) is 18.1. The summed E-state index contributed by atoms with van der Waals surface area (Å²) in [5.41, 5.74) is 9.71. The number of fused-ring (bicyclic) bond motifs is 2. The first kappa shape index (κ1) is 31.4. The lowest BCUT2D eigenvalue weighted by atomic mass is 9.97. The molecule has 0 unspecified atom stereocenters. The van der Waals surface area contributed by atoms with Gasteiger partial charge in [-0.3, -0.25) is 4.72 Å². The number of nitrogens with zero attached hydrogens (tertiary/aromatic N) is 3. The maximum atomic E-state index is 13.7. The Morgan fingerprint density at radius 1 is 0.894 bits per heavy atom. The lowest BCUT2D eigenvalue weighted by Gasteiger charge is -2.31. The van der Waals surface area contributed by atoms with E-state index in [1.54, 1.807) is 12.1 Å². The van der Waals surface area contributed by atoms with Gasteiger partial charge in [0.15, 0.2) is 0 Å². The Morgan fingerprint density at radius 3 is 2.43 bits per heavy atom. The Hall–Kier alpha value is -4.25. The van der Waals surface area contributed by atoms with Crippen molar-refractivity contribution in [1.29, 1.82) is 0 Å². The van der Waals surface area contributed by atoms with Gasteiger partial charge in [0.25, 0.3) is 0 Å². The van der Waals surface area contributed by atoms with E-state index in [0.29, 0.717) is 40.8 Å². The number of carbonyl (C=O) groups excluding carboxylic acids is 1. The molecule has 0 amide bonds. The molecular formula is C37H41N5O4S.